The highest BCUT2D eigenvalue weighted by Gasteiger charge is 2.41. The summed E-state index contributed by atoms with van der Waals surface area (Å²) in [5, 5.41) is 4.15. The van der Waals surface area contributed by atoms with Crippen LogP contribution in [-0.2, 0) is 16.8 Å². The van der Waals surface area contributed by atoms with Crippen LogP contribution in [0.25, 0.3) is 0 Å². The third kappa shape index (κ3) is 3.66. The minimum Gasteiger partial charge on any atom is -0.368 e. The number of likely N-dealkylation sites (tertiary alicyclic amines) is 1. The smallest absolute Gasteiger partial charge is 0.258 e. The van der Waals surface area contributed by atoms with Crippen molar-refractivity contribution in [3.05, 3.63) is 47.6 Å². The van der Waals surface area contributed by atoms with Gasteiger partial charge in [-0.25, -0.2) is 0 Å². The van der Waals surface area contributed by atoms with Crippen LogP contribution in [0.2, 0.25) is 0 Å². The first-order chi connectivity index (χ1) is 11.8. The molecule has 0 aliphatic carbocycles. The first-order valence-corrected chi connectivity index (χ1v) is 8.30. The van der Waals surface area contributed by atoms with Crippen LogP contribution in [0.4, 0.5) is 0 Å². The second-order valence-electron chi connectivity index (χ2n) is 6.08. The van der Waals surface area contributed by atoms with Crippen molar-refractivity contribution >= 4 is 0 Å². The Morgan fingerprint density at radius 1 is 1.25 bits per heavy atom. The summed E-state index contributed by atoms with van der Waals surface area (Å²) in [7, 11) is 1.72. The Morgan fingerprint density at radius 3 is 2.67 bits per heavy atom. The lowest BCUT2D eigenvalue weighted by molar-refractivity contribution is -0.0810. The van der Waals surface area contributed by atoms with Gasteiger partial charge in [-0.05, 0) is 25.3 Å². The zero-order chi connectivity index (χ0) is 16.8. The summed E-state index contributed by atoms with van der Waals surface area (Å²) < 4.78 is 11.4. The molecule has 5 heteroatoms. The Hall–Kier alpha value is -2.16. The topological polar surface area (TPSA) is 51.4 Å². The third-order valence-corrected chi connectivity index (χ3v) is 4.60. The van der Waals surface area contributed by atoms with Gasteiger partial charge in [-0.1, -0.05) is 41.4 Å². The fraction of sp³-hybridized carbons (Fsp3) is 0.474. The van der Waals surface area contributed by atoms with Crippen LogP contribution in [0.15, 0.2) is 34.9 Å². The molecule has 0 atom stereocenters. The Morgan fingerprint density at radius 2 is 2.00 bits per heavy atom. The maximum atomic E-state index is 5.82. The Bertz CT molecular complexity index is 707. The quantitative estimate of drug-likeness (QED) is 0.791. The normalized spacial score (nSPS) is 17.2. The first kappa shape index (κ1) is 16.7. The Labute approximate surface area is 143 Å². The average molecular weight is 325 g/mol. The molecule has 0 spiro atoms. The van der Waals surface area contributed by atoms with Crippen LogP contribution in [0.1, 0.15) is 37.0 Å². The zero-order valence-electron chi connectivity index (χ0n) is 14.3. The number of piperidine rings is 1. The summed E-state index contributed by atoms with van der Waals surface area (Å²) in [6.45, 7) is 4.51. The van der Waals surface area contributed by atoms with E-state index in [9.17, 15) is 0 Å². The van der Waals surface area contributed by atoms with Gasteiger partial charge in [-0.3, -0.25) is 4.90 Å². The van der Waals surface area contributed by atoms with Gasteiger partial charge in [0.25, 0.3) is 5.89 Å². The number of aromatic nitrogens is 2. The van der Waals surface area contributed by atoms with E-state index in [1.807, 2.05) is 25.1 Å². The minimum absolute atomic E-state index is 0.474. The molecule has 2 heterocycles. The predicted octanol–water partition coefficient (Wildman–Crippen LogP) is 2.62. The second kappa shape index (κ2) is 7.61. The van der Waals surface area contributed by atoms with Crippen molar-refractivity contribution < 1.29 is 9.26 Å². The highest BCUT2D eigenvalue weighted by molar-refractivity contribution is 5.18. The third-order valence-electron chi connectivity index (χ3n) is 4.60. The van der Waals surface area contributed by atoms with Gasteiger partial charge in [0.05, 0.1) is 6.54 Å². The molecule has 2 aromatic rings. The minimum atomic E-state index is -0.474. The van der Waals surface area contributed by atoms with E-state index in [0.29, 0.717) is 18.1 Å². The van der Waals surface area contributed by atoms with Crippen LogP contribution >= 0.6 is 0 Å². The molecule has 0 unspecified atom stereocenters. The molecular weight excluding hydrogens is 302 g/mol. The zero-order valence-corrected chi connectivity index (χ0v) is 14.3. The van der Waals surface area contributed by atoms with E-state index in [0.717, 1.165) is 32.5 Å². The SMILES string of the molecule is CC#CCN1CCC(OC)(c2nc(Cc3ccccc3)no2)CC1. The second-order valence-corrected chi connectivity index (χ2v) is 6.08. The van der Waals surface area contributed by atoms with Gasteiger partial charge in [-0.2, -0.15) is 4.98 Å². The van der Waals surface area contributed by atoms with Crippen molar-refractivity contribution in [2.24, 2.45) is 0 Å². The molecular formula is C19H23N3O2. The van der Waals surface area contributed by atoms with Crippen LogP contribution in [-0.4, -0.2) is 41.8 Å². The molecule has 1 aliphatic rings. The average Bonchev–Trinajstić information content (AvgIpc) is 3.10. The highest BCUT2D eigenvalue weighted by Crippen LogP contribution is 2.35. The lowest BCUT2D eigenvalue weighted by Gasteiger charge is -2.37. The molecule has 1 fully saturated rings. The molecule has 0 bridgehead atoms. The summed E-state index contributed by atoms with van der Waals surface area (Å²) in [6.07, 6.45) is 2.34. The molecule has 126 valence electrons. The molecule has 1 aromatic heterocycles. The number of nitrogens with zero attached hydrogens (tertiary/aromatic N) is 3. The lowest BCUT2D eigenvalue weighted by Crippen LogP contribution is -2.44. The Kier molecular flexibility index (Phi) is 5.29. The van der Waals surface area contributed by atoms with Gasteiger partial charge >= 0.3 is 0 Å². The van der Waals surface area contributed by atoms with Crippen molar-refractivity contribution in [3.63, 3.8) is 0 Å². The van der Waals surface area contributed by atoms with Crippen molar-refractivity contribution in [2.45, 2.75) is 31.8 Å². The van der Waals surface area contributed by atoms with Crippen molar-refractivity contribution in [1.82, 2.24) is 15.0 Å². The number of hydrogen-bond donors (Lipinski definition) is 0. The van der Waals surface area contributed by atoms with Gasteiger partial charge in [0.2, 0.25) is 0 Å². The van der Waals surface area contributed by atoms with E-state index >= 15 is 0 Å². The lowest BCUT2D eigenvalue weighted by atomic mass is 9.91. The standard InChI is InChI=1S/C19H23N3O2/c1-3-4-12-22-13-10-19(23-2,11-14-22)18-20-17(21-24-18)15-16-8-6-5-7-9-16/h5-9H,10-15H2,1-2H3. The predicted molar refractivity (Wildman–Crippen MR) is 91.4 cm³/mol. The maximum Gasteiger partial charge on any atom is 0.258 e. The van der Waals surface area contributed by atoms with Crippen molar-refractivity contribution in [2.75, 3.05) is 26.7 Å². The largest absolute Gasteiger partial charge is 0.368 e. The van der Waals surface area contributed by atoms with Crippen LogP contribution in [0.3, 0.4) is 0 Å². The summed E-state index contributed by atoms with van der Waals surface area (Å²) in [5.41, 5.74) is 0.697. The van der Waals surface area contributed by atoms with Gasteiger partial charge in [0.15, 0.2) is 5.82 Å². The molecule has 1 aliphatic heterocycles. The Balaban J connectivity index is 1.69. The van der Waals surface area contributed by atoms with E-state index < -0.39 is 5.60 Å². The van der Waals surface area contributed by atoms with E-state index in [-0.39, 0.29) is 0 Å². The fourth-order valence-corrected chi connectivity index (χ4v) is 3.06. The summed E-state index contributed by atoms with van der Waals surface area (Å²) in [4.78, 5) is 6.94. The number of methoxy groups -OCH3 is 1. The van der Waals surface area contributed by atoms with Gasteiger partial charge < -0.3 is 9.26 Å². The number of rotatable bonds is 5. The van der Waals surface area contributed by atoms with Crippen molar-refractivity contribution in [3.8, 4) is 11.8 Å². The summed E-state index contributed by atoms with van der Waals surface area (Å²) >= 11 is 0. The van der Waals surface area contributed by atoms with Crippen LogP contribution < -0.4 is 0 Å². The number of ether oxygens (including phenoxy) is 1. The monoisotopic (exact) mass is 325 g/mol. The molecule has 0 saturated carbocycles. The fourth-order valence-electron chi connectivity index (χ4n) is 3.06. The van der Waals surface area contributed by atoms with E-state index in [4.69, 9.17) is 9.26 Å². The summed E-state index contributed by atoms with van der Waals surface area (Å²) in [6, 6.07) is 10.2. The maximum absolute atomic E-state index is 5.82. The van der Waals surface area contributed by atoms with E-state index in [1.165, 1.54) is 5.56 Å². The molecule has 3 rings (SSSR count). The van der Waals surface area contributed by atoms with Crippen LogP contribution in [0, 0.1) is 11.8 Å². The van der Waals surface area contributed by atoms with E-state index in [1.54, 1.807) is 7.11 Å². The number of benzene rings is 1. The first-order valence-electron chi connectivity index (χ1n) is 8.30. The molecule has 1 aromatic carbocycles. The van der Waals surface area contributed by atoms with Crippen molar-refractivity contribution in [1.29, 1.82) is 0 Å². The molecule has 1 saturated heterocycles. The van der Waals surface area contributed by atoms with Gasteiger partial charge in [-0.15, -0.1) is 5.92 Å². The molecule has 0 radical (unpaired) electrons. The molecule has 24 heavy (non-hydrogen) atoms. The number of hydrogen-bond acceptors (Lipinski definition) is 5. The molecule has 0 amide bonds. The van der Waals surface area contributed by atoms with E-state index in [2.05, 4.69) is 39.0 Å². The van der Waals surface area contributed by atoms with Gasteiger partial charge in [0.1, 0.15) is 5.60 Å². The van der Waals surface area contributed by atoms with Crippen LogP contribution in [0.5, 0.6) is 0 Å². The summed E-state index contributed by atoms with van der Waals surface area (Å²) in [5.74, 6) is 7.36. The molecule has 5 nitrogen and oxygen atoms in total. The highest BCUT2D eigenvalue weighted by atomic mass is 16.5. The van der Waals surface area contributed by atoms with Gasteiger partial charge in [0, 0.05) is 26.6 Å². The molecule has 0 N–H and O–H groups in total.